The van der Waals surface area contributed by atoms with Crippen LogP contribution in [0.15, 0.2) is 41.6 Å². The highest BCUT2D eigenvalue weighted by Crippen LogP contribution is 2.34. The van der Waals surface area contributed by atoms with E-state index in [2.05, 4.69) is 4.98 Å². The standard InChI is InChI=1S/C17H19N3O9S/c1-10-3-5-12(6-4-10)30(25,26)27-9-13-14(22)15(28-11(2)21)16(29-13)19-8-7-18-17(19)20(23)24/h3-8,13-16,22H,9H2,1-2H3/t13-,14-,15+,16-/m1/s1. The Balaban J connectivity index is 1.80. The summed E-state index contributed by atoms with van der Waals surface area (Å²) in [4.78, 5) is 25.3. The molecule has 0 amide bonds. The molecule has 0 aliphatic carbocycles. The fraction of sp³-hybridized carbons (Fsp3) is 0.412. The number of nitro groups is 1. The van der Waals surface area contributed by atoms with Gasteiger partial charge in [0.25, 0.3) is 10.1 Å². The number of rotatable bonds is 7. The maximum atomic E-state index is 12.4. The van der Waals surface area contributed by atoms with Crippen LogP contribution in [0.25, 0.3) is 0 Å². The van der Waals surface area contributed by atoms with Gasteiger partial charge >= 0.3 is 11.9 Å². The fourth-order valence-electron chi connectivity index (χ4n) is 2.97. The number of carbonyl (C=O) groups excluding carboxylic acids is 1. The molecule has 1 aliphatic rings. The molecular formula is C17H19N3O9S. The molecule has 1 fully saturated rings. The second-order valence-electron chi connectivity index (χ2n) is 6.57. The molecule has 1 aliphatic heterocycles. The second kappa shape index (κ2) is 8.47. The van der Waals surface area contributed by atoms with Gasteiger partial charge in [-0.3, -0.25) is 8.98 Å². The van der Waals surface area contributed by atoms with Crippen LogP contribution < -0.4 is 0 Å². The van der Waals surface area contributed by atoms with Crippen molar-refractivity contribution in [3.63, 3.8) is 0 Å². The zero-order chi connectivity index (χ0) is 22.1. The Labute approximate surface area is 171 Å². The molecule has 4 atom stereocenters. The molecule has 13 heteroatoms. The van der Waals surface area contributed by atoms with Crippen LogP contribution in [0.4, 0.5) is 5.95 Å². The van der Waals surface area contributed by atoms with Crippen molar-refractivity contribution in [3.8, 4) is 0 Å². The Kier molecular flexibility index (Phi) is 6.17. The molecule has 3 rings (SSSR count). The average molecular weight is 441 g/mol. The van der Waals surface area contributed by atoms with E-state index in [-0.39, 0.29) is 4.90 Å². The first-order valence-electron chi connectivity index (χ1n) is 8.74. The van der Waals surface area contributed by atoms with Crippen molar-refractivity contribution >= 4 is 22.0 Å². The van der Waals surface area contributed by atoms with E-state index in [0.29, 0.717) is 0 Å². The Hall–Kier alpha value is -2.87. The summed E-state index contributed by atoms with van der Waals surface area (Å²) in [5.41, 5.74) is 0.859. The molecule has 1 N–H and O–H groups in total. The van der Waals surface area contributed by atoms with E-state index in [0.717, 1.165) is 23.3 Å². The molecule has 0 saturated carbocycles. The average Bonchev–Trinajstić information content (AvgIpc) is 3.26. The molecule has 30 heavy (non-hydrogen) atoms. The van der Waals surface area contributed by atoms with Crippen LogP contribution in [0.2, 0.25) is 0 Å². The number of esters is 1. The normalized spacial score (nSPS) is 24.0. The molecule has 0 spiro atoms. The molecule has 12 nitrogen and oxygen atoms in total. The van der Waals surface area contributed by atoms with Gasteiger partial charge in [-0.2, -0.15) is 13.0 Å². The highest BCUT2D eigenvalue weighted by atomic mass is 32.2. The first kappa shape index (κ1) is 21.8. The number of aliphatic hydroxyl groups is 1. The van der Waals surface area contributed by atoms with E-state index in [1.165, 1.54) is 18.3 Å². The molecule has 0 radical (unpaired) electrons. The minimum atomic E-state index is -4.15. The highest BCUT2D eigenvalue weighted by molar-refractivity contribution is 7.86. The summed E-state index contributed by atoms with van der Waals surface area (Å²) in [7, 11) is -4.15. The predicted molar refractivity (Wildman–Crippen MR) is 98.7 cm³/mol. The van der Waals surface area contributed by atoms with Gasteiger partial charge in [0.05, 0.1) is 11.5 Å². The minimum Gasteiger partial charge on any atom is -0.453 e. The van der Waals surface area contributed by atoms with Crippen molar-refractivity contribution in [2.24, 2.45) is 0 Å². The summed E-state index contributed by atoms with van der Waals surface area (Å²) in [5, 5.41) is 21.7. The molecular weight excluding hydrogens is 422 g/mol. The van der Waals surface area contributed by atoms with Crippen LogP contribution in [0.3, 0.4) is 0 Å². The van der Waals surface area contributed by atoms with E-state index < -0.39 is 58.1 Å². The SMILES string of the molecule is CC(=O)O[C@H]1[C@H](O)[C@@H](COS(=O)(=O)c2ccc(C)cc2)O[C@H]1n1ccnc1[N+](=O)[O-]. The van der Waals surface area contributed by atoms with Crippen molar-refractivity contribution in [1.82, 2.24) is 9.55 Å². The molecule has 0 bridgehead atoms. The van der Waals surface area contributed by atoms with Crippen LogP contribution in [0, 0.1) is 17.0 Å². The summed E-state index contributed by atoms with van der Waals surface area (Å²) < 4.78 is 41.4. The molecule has 1 saturated heterocycles. The van der Waals surface area contributed by atoms with Gasteiger partial charge < -0.3 is 24.7 Å². The maximum absolute atomic E-state index is 12.4. The van der Waals surface area contributed by atoms with Gasteiger partial charge in [-0.05, 0) is 24.0 Å². The zero-order valence-corrected chi connectivity index (χ0v) is 16.8. The summed E-state index contributed by atoms with van der Waals surface area (Å²) >= 11 is 0. The number of aryl methyl sites for hydroxylation is 1. The molecule has 2 heterocycles. The molecule has 1 aromatic carbocycles. The van der Waals surface area contributed by atoms with Gasteiger partial charge in [0.15, 0.2) is 6.10 Å². The van der Waals surface area contributed by atoms with Crippen LogP contribution in [0.1, 0.15) is 18.7 Å². The third-order valence-corrected chi connectivity index (χ3v) is 5.69. The Morgan fingerprint density at radius 1 is 1.37 bits per heavy atom. The van der Waals surface area contributed by atoms with Crippen molar-refractivity contribution in [3.05, 3.63) is 52.3 Å². The van der Waals surface area contributed by atoms with Crippen molar-refractivity contribution < 1.29 is 36.9 Å². The van der Waals surface area contributed by atoms with Crippen molar-refractivity contribution in [1.29, 1.82) is 0 Å². The van der Waals surface area contributed by atoms with E-state index >= 15 is 0 Å². The van der Waals surface area contributed by atoms with Gasteiger partial charge in [0.1, 0.15) is 24.6 Å². The third kappa shape index (κ3) is 4.48. The molecule has 2 aromatic rings. The van der Waals surface area contributed by atoms with Gasteiger partial charge in [0.2, 0.25) is 6.23 Å². The number of hydrogen-bond donors (Lipinski definition) is 1. The van der Waals surface area contributed by atoms with Crippen molar-refractivity contribution in [2.45, 2.75) is 43.3 Å². The summed E-state index contributed by atoms with van der Waals surface area (Å²) in [6, 6.07) is 5.94. The Morgan fingerprint density at radius 2 is 2.03 bits per heavy atom. The maximum Gasteiger partial charge on any atom is 0.436 e. The number of benzene rings is 1. The molecule has 1 aromatic heterocycles. The van der Waals surface area contributed by atoms with Crippen LogP contribution in [-0.4, -0.2) is 58.9 Å². The minimum absolute atomic E-state index is 0.0843. The number of carbonyl (C=O) groups is 1. The summed E-state index contributed by atoms with van der Waals surface area (Å²) in [5.74, 6) is -1.36. The smallest absolute Gasteiger partial charge is 0.436 e. The van der Waals surface area contributed by atoms with E-state index in [1.807, 2.05) is 0 Å². The highest BCUT2D eigenvalue weighted by Gasteiger charge is 2.50. The topological polar surface area (TPSA) is 160 Å². The number of ether oxygens (including phenoxy) is 2. The third-order valence-electron chi connectivity index (χ3n) is 4.40. The second-order valence-corrected chi connectivity index (χ2v) is 8.19. The van der Waals surface area contributed by atoms with Crippen molar-refractivity contribution in [2.75, 3.05) is 6.61 Å². The lowest BCUT2D eigenvalue weighted by Crippen LogP contribution is -2.37. The van der Waals surface area contributed by atoms with Gasteiger partial charge in [0, 0.05) is 6.92 Å². The first-order chi connectivity index (χ1) is 14.1. The number of nitrogens with zero attached hydrogens (tertiary/aromatic N) is 3. The monoisotopic (exact) mass is 441 g/mol. The lowest BCUT2D eigenvalue weighted by molar-refractivity contribution is -0.398. The first-order valence-corrected chi connectivity index (χ1v) is 10.1. The number of aromatic nitrogens is 2. The number of hydrogen-bond acceptors (Lipinski definition) is 10. The fourth-order valence-corrected chi connectivity index (χ4v) is 3.89. The van der Waals surface area contributed by atoms with Gasteiger partial charge in [-0.25, -0.2) is 0 Å². The van der Waals surface area contributed by atoms with E-state index in [4.69, 9.17) is 13.7 Å². The van der Waals surface area contributed by atoms with Crippen LogP contribution in [0.5, 0.6) is 0 Å². The van der Waals surface area contributed by atoms with E-state index in [9.17, 15) is 28.4 Å². The predicted octanol–water partition coefficient (Wildman–Crippen LogP) is 0.695. The zero-order valence-electron chi connectivity index (χ0n) is 15.9. The largest absolute Gasteiger partial charge is 0.453 e. The van der Waals surface area contributed by atoms with Gasteiger partial charge in [-0.15, -0.1) is 0 Å². The number of aliphatic hydroxyl groups excluding tert-OH is 1. The summed E-state index contributed by atoms with van der Waals surface area (Å²) in [6.07, 6.45) is -3.04. The number of imidazole rings is 1. The molecule has 0 unspecified atom stereocenters. The Bertz CT molecular complexity index is 1030. The van der Waals surface area contributed by atoms with Crippen LogP contribution in [-0.2, 0) is 28.6 Å². The van der Waals surface area contributed by atoms with Crippen LogP contribution >= 0.6 is 0 Å². The van der Waals surface area contributed by atoms with E-state index in [1.54, 1.807) is 19.1 Å². The lowest BCUT2D eigenvalue weighted by Gasteiger charge is -2.19. The van der Waals surface area contributed by atoms with Gasteiger partial charge in [-0.1, -0.05) is 22.7 Å². The quantitative estimate of drug-likeness (QED) is 0.280. The molecule has 162 valence electrons. The Morgan fingerprint density at radius 3 is 2.63 bits per heavy atom. The summed E-state index contributed by atoms with van der Waals surface area (Å²) in [6.45, 7) is 2.29. The lowest BCUT2D eigenvalue weighted by atomic mass is 10.1.